The molecular formula is C14H23NO4. The van der Waals surface area contributed by atoms with Gasteiger partial charge in [-0.1, -0.05) is 6.92 Å². The lowest BCUT2D eigenvalue weighted by atomic mass is 9.94. The van der Waals surface area contributed by atoms with Gasteiger partial charge in [0, 0.05) is 13.7 Å². The zero-order chi connectivity index (χ0) is 14.2. The van der Waals surface area contributed by atoms with Crippen LogP contribution in [0, 0.1) is 17.8 Å². The van der Waals surface area contributed by atoms with Crippen molar-refractivity contribution in [3.8, 4) is 0 Å². The highest BCUT2D eigenvalue weighted by atomic mass is 16.5. The summed E-state index contributed by atoms with van der Waals surface area (Å²) >= 11 is 0. The van der Waals surface area contributed by atoms with Crippen LogP contribution in [0.15, 0.2) is 0 Å². The van der Waals surface area contributed by atoms with E-state index in [1.165, 1.54) is 0 Å². The van der Waals surface area contributed by atoms with Crippen molar-refractivity contribution in [1.29, 1.82) is 0 Å². The molecule has 0 aromatic heterocycles. The van der Waals surface area contributed by atoms with Crippen molar-refractivity contribution < 1.29 is 19.4 Å². The van der Waals surface area contributed by atoms with Gasteiger partial charge in [0.05, 0.1) is 24.0 Å². The Morgan fingerprint density at radius 3 is 2.37 bits per heavy atom. The normalized spacial score (nSPS) is 38.4. The fourth-order valence-corrected chi connectivity index (χ4v) is 3.49. The molecule has 2 aliphatic rings. The molecule has 1 saturated carbocycles. The molecule has 19 heavy (non-hydrogen) atoms. The third-order valence-electron chi connectivity index (χ3n) is 4.61. The quantitative estimate of drug-likeness (QED) is 0.840. The van der Waals surface area contributed by atoms with Crippen molar-refractivity contribution in [1.82, 2.24) is 4.90 Å². The van der Waals surface area contributed by atoms with Crippen LogP contribution in [0.4, 0.5) is 0 Å². The molecule has 0 radical (unpaired) electrons. The van der Waals surface area contributed by atoms with E-state index in [9.17, 15) is 14.7 Å². The molecule has 0 spiro atoms. The van der Waals surface area contributed by atoms with Crippen LogP contribution in [-0.2, 0) is 14.3 Å². The van der Waals surface area contributed by atoms with Crippen LogP contribution in [0.3, 0.4) is 0 Å². The van der Waals surface area contributed by atoms with E-state index in [-0.39, 0.29) is 24.0 Å². The van der Waals surface area contributed by atoms with Gasteiger partial charge in [-0.15, -0.1) is 0 Å². The van der Waals surface area contributed by atoms with Gasteiger partial charge in [-0.05, 0) is 32.1 Å². The van der Waals surface area contributed by atoms with Gasteiger partial charge in [-0.3, -0.25) is 9.59 Å². The first-order valence-corrected chi connectivity index (χ1v) is 7.03. The highest BCUT2D eigenvalue weighted by Crippen LogP contribution is 2.38. The maximum absolute atomic E-state index is 12.5. The molecule has 1 N–H and O–H groups in total. The topological polar surface area (TPSA) is 66.8 Å². The molecule has 1 aliphatic carbocycles. The summed E-state index contributed by atoms with van der Waals surface area (Å²) in [5.74, 6) is -1.46. The minimum Gasteiger partial charge on any atom is -0.481 e. The number of ether oxygens (including phenoxy) is 1. The number of carbonyl (C=O) groups excluding carboxylic acids is 1. The van der Waals surface area contributed by atoms with Crippen molar-refractivity contribution in [3.05, 3.63) is 0 Å². The fourth-order valence-electron chi connectivity index (χ4n) is 3.49. The molecule has 2 fully saturated rings. The molecule has 5 nitrogen and oxygen atoms in total. The van der Waals surface area contributed by atoms with Crippen molar-refractivity contribution >= 4 is 11.9 Å². The maximum atomic E-state index is 12.5. The number of nitrogens with zero attached hydrogens (tertiary/aromatic N) is 1. The molecule has 0 aromatic rings. The van der Waals surface area contributed by atoms with Crippen LogP contribution in [-0.4, -0.2) is 47.7 Å². The first-order chi connectivity index (χ1) is 8.91. The van der Waals surface area contributed by atoms with Gasteiger partial charge in [0.1, 0.15) is 0 Å². The average Bonchev–Trinajstić information content (AvgIpc) is 2.93. The van der Waals surface area contributed by atoms with E-state index in [1.54, 1.807) is 11.9 Å². The standard InChI is InChI=1S/C14H23NO4/c1-8-6-10(11(7-8)14(17)18)13(16)15(3)12-4-5-19-9(12)2/h8-12H,4-7H2,1-3H3,(H,17,18)/t8?,9?,10-,11+,12?/m0/s1. The van der Waals surface area contributed by atoms with Crippen LogP contribution in [0.25, 0.3) is 0 Å². The number of rotatable bonds is 3. The van der Waals surface area contributed by atoms with Crippen molar-refractivity contribution in [2.24, 2.45) is 17.8 Å². The molecular weight excluding hydrogens is 246 g/mol. The van der Waals surface area contributed by atoms with Gasteiger partial charge in [0.2, 0.25) is 5.91 Å². The molecule has 0 aromatic carbocycles. The molecule has 0 bridgehead atoms. The Labute approximate surface area is 113 Å². The second-order valence-corrected chi connectivity index (χ2v) is 6.01. The molecule has 5 heteroatoms. The predicted molar refractivity (Wildman–Crippen MR) is 69.6 cm³/mol. The summed E-state index contributed by atoms with van der Waals surface area (Å²) in [6.07, 6.45) is 2.16. The molecule has 1 aliphatic heterocycles. The average molecular weight is 269 g/mol. The van der Waals surface area contributed by atoms with Gasteiger partial charge < -0.3 is 14.7 Å². The van der Waals surface area contributed by atoms with Crippen LogP contribution < -0.4 is 0 Å². The van der Waals surface area contributed by atoms with Crippen LogP contribution in [0.1, 0.15) is 33.1 Å². The monoisotopic (exact) mass is 269 g/mol. The van der Waals surface area contributed by atoms with E-state index in [4.69, 9.17) is 4.74 Å². The van der Waals surface area contributed by atoms with Crippen LogP contribution in [0.5, 0.6) is 0 Å². The number of hydrogen-bond acceptors (Lipinski definition) is 3. The lowest BCUT2D eigenvalue weighted by Crippen LogP contribution is -2.45. The van der Waals surface area contributed by atoms with Crippen LogP contribution >= 0.6 is 0 Å². The lowest BCUT2D eigenvalue weighted by molar-refractivity contribution is -0.149. The molecule has 108 valence electrons. The van der Waals surface area contributed by atoms with E-state index in [0.717, 1.165) is 6.42 Å². The number of amides is 1. The minimum absolute atomic E-state index is 0.0286. The molecule has 1 saturated heterocycles. The predicted octanol–water partition coefficient (Wildman–Crippen LogP) is 1.37. The summed E-state index contributed by atoms with van der Waals surface area (Å²) in [5, 5.41) is 9.25. The third kappa shape index (κ3) is 2.76. The van der Waals surface area contributed by atoms with E-state index in [1.807, 2.05) is 13.8 Å². The summed E-state index contributed by atoms with van der Waals surface area (Å²) in [7, 11) is 1.78. The largest absolute Gasteiger partial charge is 0.481 e. The zero-order valence-corrected chi connectivity index (χ0v) is 11.8. The number of hydrogen-bond donors (Lipinski definition) is 1. The summed E-state index contributed by atoms with van der Waals surface area (Å²) in [6, 6.07) is 0.0813. The smallest absolute Gasteiger partial charge is 0.307 e. The zero-order valence-electron chi connectivity index (χ0n) is 11.8. The fraction of sp³-hybridized carbons (Fsp3) is 0.857. The Hall–Kier alpha value is -1.10. The third-order valence-corrected chi connectivity index (χ3v) is 4.61. The first kappa shape index (κ1) is 14.3. The Balaban J connectivity index is 2.07. The summed E-state index contributed by atoms with van der Waals surface area (Å²) in [5.41, 5.74) is 0. The lowest BCUT2D eigenvalue weighted by Gasteiger charge is -2.30. The number of carboxylic acid groups (broad SMARTS) is 1. The number of likely N-dealkylation sites (N-methyl/N-ethyl adjacent to an activating group) is 1. The van der Waals surface area contributed by atoms with Gasteiger partial charge in [-0.2, -0.15) is 0 Å². The van der Waals surface area contributed by atoms with E-state index < -0.39 is 11.9 Å². The molecule has 1 heterocycles. The van der Waals surface area contributed by atoms with Crippen molar-refractivity contribution in [3.63, 3.8) is 0 Å². The summed E-state index contributed by atoms with van der Waals surface area (Å²) in [6.45, 7) is 4.66. The Kier molecular flexibility index (Phi) is 4.13. The Morgan fingerprint density at radius 1 is 1.21 bits per heavy atom. The van der Waals surface area contributed by atoms with Crippen molar-refractivity contribution in [2.45, 2.75) is 45.3 Å². The van der Waals surface area contributed by atoms with Gasteiger partial charge in [-0.25, -0.2) is 0 Å². The van der Waals surface area contributed by atoms with Crippen molar-refractivity contribution in [2.75, 3.05) is 13.7 Å². The Morgan fingerprint density at radius 2 is 1.84 bits per heavy atom. The highest BCUT2D eigenvalue weighted by molar-refractivity contribution is 5.85. The molecule has 5 atom stereocenters. The SMILES string of the molecule is CC1C[C@H](C(=O)N(C)C2CCOC2C)[C@H](C(=O)O)C1. The maximum Gasteiger partial charge on any atom is 0.307 e. The van der Waals surface area contributed by atoms with Gasteiger partial charge in [0.15, 0.2) is 0 Å². The second kappa shape index (κ2) is 5.49. The minimum atomic E-state index is -0.841. The van der Waals surface area contributed by atoms with Gasteiger partial charge >= 0.3 is 5.97 Å². The van der Waals surface area contributed by atoms with E-state index in [2.05, 4.69) is 0 Å². The van der Waals surface area contributed by atoms with E-state index >= 15 is 0 Å². The van der Waals surface area contributed by atoms with Gasteiger partial charge in [0.25, 0.3) is 0 Å². The second-order valence-electron chi connectivity index (χ2n) is 6.01. The summed E-state index contributed by atoms with van der Waals surface area (Å²) in [4.78, 5) is 25.5. The molecule has 3 unspecified atom stereocenters. The molecule has 1 amide bonds. The first-order valence-electron chi connectivity index (χ1n) is 7.03. The Bertz CT molecular complexity index is 370. The number of carboxylic acids is 1. The number of carbonyl (C=O) groups is 2. The number of aliphatic carboxylic acids is 1. The summed E-state index contributed by atoms with van der Waals surface area (Å²) < 4.78 is 5.48. The van der Waals surface area contributed by atoms with Crippen LogP contribution in [0.2, 0.25) is 0 Å². The molecule has 2 rings (SSSR count). The highest BCUT2D eigenvalue weighted by Gasteiger charge is 2.44. The van der Waals surface area contributed by atoms with E-state index in [0.29, 0.717) is 25.4 Å².